The number of ether oxygens (including phenoxy) is 1. The van der Waals surface area contributed by atoms with Gasteiger partial charge in [0.1, 0.15) is 12.4 Å². The summed E-state index contributed by atoms with van der Waals surface area (Å²) >= 11 is 15.6. The number of aryl methyl sites for hydroxylation is 1. The van der Waals surface area contributed by atoms with Crippen molar-refractivity contribution in [1.29, 1.82) is 0 Å². The molecule has 0 saturated carbocycles. The molecule has 0 spiro atoms. The van der Waals surface area contributed by atoms with Crippen LogP contribution in [0.1, 0.15) is 16.7 Å². The summed E-state index contributed by atoms with van der Waals surface area (Å²) in [5, 5.41) is 4.44. The molecule has 5 heteroatoms. The minimum Gasteiger partial charge on any atom is -0.489 e. The molecule has 0 bridgehead atoms. The van der Waals surface area contributed by atoms with Crippen molar-refractivity contribution in [3.63, 3.8) is 0 Å². The predicted molar refractivity (Wildman–Crippen MR) is 113 cm³/mol. The third-order valence-electron chi connectivity index (χ3n) is 4.07. The second kappa shape index (κ2) is 8.81. The van der Waals surface area contributed by atoms with Crippen LogP contribution in [0.4, 0.5) is 5.69 Å². The van der Waals surface area contributed by atoms with Crippen molar-refractivity contribution in [3.8, 4) is 5.75 Å². The summed E-state index contributed by atoms with van der Waals surface area (Å²) in [5.41, 5.74) is 4.36. The highest BCUT2D eigenvalue weighted by Gasteiger charge is 2.07. The second-order valence-corrected chi connectivity index (χ2v) is 7.68. The minimum atomic E-state index is 0.530. The molecule has 0 aliphatic carbocycles. The van der Waals surface area contributed by atoms with Gasteiger partial charge in [-0.05, 0) is 54.4 Å². The van der Waals surface area contributed by atoms with E-state index in [9.17, 15) is 0 Å². The summed E-state index contributed by atoms with van der Waals surface area (Å²) < 4.78 is 7.09. The van der Waals surface area contributed by atoms with E-state index in [1.807, 2.05) is 36.4 Å². The van der Waals surface area contributed by atoms with Crippen molar-refractivity contribution in [2.75, 3.05) is 5.32 Å². The van der Waals surface area contributed by atoms with E-state index in [-0.39, 0.29) is 0 Å². The number of nitrogens with one attached hydrogen (secondary N) is 1. The Morgan fingerprint density at radius 2 is 1.73 bits per heavy atom. The predicted octanol–water partition coefficient (Wildman–Crippen LogP) is 7.26. The summed E-state index contributed by atoms with van der Waals surface area (Å²) in [7, 11) is 0. The number of halogens is 3. The molecule has 1 N–H and O–H groups in total. The van der Waals surface area contributed by atoms with E-state index in [2.05, 4.69) is 46.4 Å². The molecule has 0 aliphatic rings. The number of hydrogen-bond acceptors (Lipinski definition) is 2. The Morgan fingerprint density at radius 1 is 0.923 bits per heavy atom. The van der Waals surface area contributed by atoms with E-state index in [4.69, 9.17) is 27.9 Å². The Morgan fingerprint density at radius 3 is 2.50 bits per heavy atom. The Hall–Kier alpha value is -1.68. The Kier molecular flexibility index (Phi) is 6.47. The van der Waals surface area contributed by atoms with Crippen LogP contribution >= 0.6 is 39.1 Å². The van der Waals surface area contributed by atoms with Crippen molar-refractivity contribution in [3.05, 3.63) is 91.9 Å². The molecule has 0 saturated heterocycles. The van der Waals surface area contributed by atoms with Crippen molar-refractivity contribution < 1.29 is 4.74 Å². The summed E-state index contributed by atoms with van der Waals surface area (Å²) in [5.74, 6) is 0.851. The second-order valence-electron chi connectivity index (χ2n) is 5.95. The van der Waals surface area contributed by atoms with Crippen molar-refractivity contribution in [2.24, 2.45) is 0 Å². The molecule has 134 valence electrons. The van der Waals surface area contributed by atoms with Crippen molar-refractivity contribution in [2.45, 2.75) is 20.1 Å². The fraction of sp³-hybridized carbons (Fsp3) is 0.143. The van der Waals surface area contributed by atoms with E-state index < -0.39 is 0 Å². The van der Waals surface area contributed by atoms with Crippen LogP contribution in [0.5, 0.6) is 5.75 Å². The maximum absolute atomic E-state index is 6.08. The van der Waals surface area contributed by atoms with Gasteiger partial charge >= 0.3 is 0 Å². The monoisotopic (exact) mass is 449 g/mol. The first-order valence-corrected chi connectivity index (χ1v) is 9.72. The lowest BCUT2D eigenvalue weighted by Gasteiger charge is -2.15. The van der Waals surface area contributed by atoms with Gasteiger partial charge in [-0.15, -0.1) is 0 Å². The van der Waals surface area contributed by atoms with Crippen LogP contribution in [0, 0.1) is 6.92 Å². The first kappa shape index (κ1) is 19.1. The Bertz CT molecular complexity index is 914. The zero-order chi connectivity index (χ0) is 18.5. The van der Waals surface area contributed by atoms with Crippen LogP contribution in [-0.4, -0.2) is 0 Å². The molecule has 0 aromatic heterocycles. The number of rotatable bonds is 6. The average molecular weight is 451 g/mol. The molecule has 2 nitrogen and oxygen atoms in total. The molecule has 0 amide bonds. The first-order chi connectivity index (χ1) is 12.5. The van der Waals surface area contributed by atoms with Crippen LogP contribution in [0.25, 0.3) is 0 Å². The highest BCUT2D eigenvalue weighted by Crippen LogP contribution is 2.28. The molecule has 0 fully saturated rings. The highest BCUT2D eigenvalue weighted by atomic mass is 79.9. The van der Waals surface area contributed by atoms with Gasteiger partial charge in [0, 0.05) is 22.3 Å². The zero-order valence-corrected chi connectivity index (χ0v) is 17.3. The fourth-order valence-corrected chi connectivity index (χ4v) is 3.26. The lowest BCUT2D eigenvalue weighted by Crippen LogP contribution is -2.04. The quantitative estimate of drug-likeness (QED) is 0.426. The third kappa shape index (κ3) is 4.94. The standard InChI is InChI=1S/C21H18BrCl2NO/c1-14-4-2-3-5-15(14)13-26-21-9-6-17(22)10-16(21)12-25-18-7-8-19(23)20(24)11-18/h2-11,25H,12-13H2,1H3. The highest BCUT2D eigenvalue weighted by molar-refractivity contribution is 9.10. The van der Waals surface area contributed by atoms with Gasteiger partial charge in [-0.2, -0.15) is 0 Å². The van der Waals surface area contributed by atoms with Crippen LogP contribution in [0.15, 0.2) is 65.1 Å². The first-order valence-electron chi connectivity index (χ1n) is 8.17. The fourth-order valence-electron chi connectivity index (χ4n) is 2.56. The van der Waals surface area contributed by atoms with Gasteiger partial charge in [0.05, 0.1) is 10.0 Å². The van der Waals surface area contributed by atoms with E-state index in [0.717, 1.165) is 21.5 Å². The van der Waals surface area contributed by atoms with Gasteiger partial charge in [-0.3, -0.25) is 0 Å². The summed E-state index contributed by atoms with van der Waals surface area (Å²) in [4.78, 5) is 0. The van der Waals surface area contributed by atoms with E-state index >= 15 is 0 Å². The molecule has 3 rings (SSSR count). The third-order valence-corrected chi connectivity index (χ3v) is 5.30. The SMILES string of the molecule is Cc1ccccc1COc1ccc(Br)cc1CNc1ccc(Cl)c(Cl)c1. The van der Waals surface area contributed by atoms with E-state index in [1.165, 1.54) is 11.1 Å². The van der Waals surface area contributed by atoms with Gasteiger partial charge in [0.15, 0.2) is 0 Å². The smallest absolute Gasteiger partial charge is 0.124 e. The molecule has 0 atom stereocenters. The largest absolute Gasteiger partial charge is 0.489 e. The zero-order valence-electron chi connectivity index (χ0n) is 14.2. The lowest BCUT2D eigenvalue weighted by molar-refractivity contribution is 0.302. The maximum Gasteiger partial charge on any atom is 0.124 e. The molecule has 0 unspecified atom stereocenters. The lowest BCUT2D eigenvalue weighted by atomic mass is 10.1. The molecule has 26 heavy (non-hydrogen) atoms. The van der Waals surface area contributed by atoms with Crippen LogP contribution in [-0.2, 0) is 13.2 Å². The van der Waals surface area contributed by atoms with Gasteiger partial charge < -0.3 is 10.1 Å². The van der Waals surface area contributed by atoms with E-state index in [1.54, 1.807) is 6.07 Å². The van der Waals surface area contributed by atoms with Crippen molar-refractivity contribution >= 4 is 44.8 Å². The molecule has 0 aliphatic heterocycles. The molecule has 3 aromatic rings. The molecule has 0 radical (unpaired) electrons. The van der Waals surface area contributed by atoms with Crippen LogP contribution < -0.4 is 10.1 Å². The van der Waals surface area contributed by atoms with Crippen molar-refractivity contribution in [1.82, 2.24) is 0 Å². The Balaban J connectivity index is 1.73. The summed E-state index contributed by atoms with van der Waals surface area (Å²) in [6, 6.07) is 19.8. The topological polar surface area (TPSA) is 21.3 Å². The molecule has 3 aromatic carbocycles. The van der Waals surface area contributed by atoms with Gasteiger partial charge in [-0.25, -0.2) is 0 Å². The maximum atomic E-state index is 6.08. The number of hydrogen-bond donors (Lipinski definition) is 1. The molecular weight excluding hydrogens is 433 g/mol. The normalized spacial score (nSPS) is 10.6. The number of benzene rings is 3. The van der Waals surface area contributed by atoms with Crippen LogP contribution in [0.2, 0.25) is 10.0 Å². The summed E-state index contributed by atoms with van der Waals surface area (Å²) in [6.45, 7) is 3.24. The van der Waals surface area contributed by atoms with Gasteiger partial charge in [0.25, 0.3) is 0 Å². The van der Waals surface area contributed by atoms with Crippen LogP contribution in [0.3, 0.4) is 0 Å². The minimum absolute atomic E-state index is 0.530. The average Bonchev–Trinajstić information content (AvgIpc) is 2.63. The number of anilines is 1. The van der Waals surface area contributed by atoms with E-state index in [0.29, 0.717) is 23.2 Å². The van der Waals surface area contributed by atoms with Gasteiger partial charge in [0.2, 0.25) is 0 Å². The molecular formula is C21H18BrCl2NO. The Labute approximate surface area is 172 Å². The summed E-state index contributed by atoms with van der Waals surface area (Å²) in [6.07, 6.45) is 0. The van der Waals surface area contributed by atoms with Gasteiger partial charge in [-0.1, -0.05) is 63.4 Å². The molecule has 0 heterocycles.